The van der Waals surface area contributed by atoms with Gasteiger partial charge in [0.25, 0.3) is 0 Å². The van der Waals surface area contributed by atoms with Gasteiger partial charge in [-0.25, -0.2) is 4.79 Å². The molecule has 5 nitrogen and oxygen atoms in total. The second-order valence-corrected chi connectivity index (χ2v) is 5.24. The number of amides is 2. The molecule has 0 saturated heterocycles. The van der Waals surface area contributed by atoms with E-state index in [1.54, 1.807) is 0 Å². The van der Waals surface area contributed by atoms with Gasteiger partial charge in [-0.1, -0.05) is 36.4 Å². The Kier molecular flexibility index (Phi) is 6.24. The number of benzene rings is 2. The number of halogens is 3. The minimum absolute atomic E-state index is 0.135. The Bertz CT molecular complexity index is 693. The van der Waals surface area contributed by atoms with Gasteiger partial charge in [-0.3, -0.25) is 0 Å². The maximum atomic E-state index is 12.2. The fraction of sp³-hybridized carbons (Fsp3) is 0.235. The van der Waals surface area contributed by atoms with Crippen LogP contribution in [0.5, 0.6) is 5.75 Å². The number of nitrogens with one attached hydrogen (secondary N) is 2. The van der Waals surface area contributed by atoms with E-state index >= 15 is 0 Å². The summed E-state index contributed by atoms with van der Waals surface area (Å²) in [4.78, 5) is 12.0. The first-order valence-corrected chi connectivity index (χ1v) is 7.44. The van der Waals surface area contributed by atoms with E-state index in [0.717, 1.165) is 17.7 Å². The molecular weight excluding hydrogens is 337 g/mol. The van der Waals surface area contributed by atoms with Gasteiger partial charge < -0.3 is 20.5 Å². The lowest BCUT2D eigenvalue weighted by Crippen LogP contribution is -2.41. The summed E-state index contributed by atoms with van der Waals surface area (Å²) in [5.41, 5.74) is 1.07. The third-order valence-corrected chi connectivity index (χ3v) is 3.21. The number of aliphatic hydroxyl groups is 1. The molecule has 1 atom stereocenters. The molecule has 0 fully saturated rings. The van der Waals surface area contributed by atoms with Crippen LogP contribution in [-0.4, -0.2) is 30.1 Å². The Hall–Kier alpha value is -2.74. The number of carbonyl (C=O) groups is 1. The van der Waals surface area contributed by atoms with Gasteiger partial charge in [0.15, 0.2) is 0 Å². The topological polar surface area (TPSA) is 70.6 Å². The molecule has 2 aromatic carbocycles. The van der Waals surface area contributed by atoms with E-state index in [1.165, 1.54) is 12.1 Å². The molecule has 0 aliphatic heterocycles. The predicted octanol–water partition coefficient (Wildman–Crippen LogP) is 3.31. The number of aliphatic hydroxyl groups excluding tert-OH is 1. The summed E-state index contributed by atoms with van der Waals surface area (Å²) in [5, 5.41) is 14.4. The van der Waals surface area contributed by atoms with E-state index in [9.17, 15) is 23.1 Å². The minimum atomic E-state index is -4.81. The molecule has 2 aromatic rings. The number of hydrogen-bond acceptors (Lipinski definition) is 3. The molecule has 8 heteroatoms. The molecule has 0 spiro atoms. The summed E-state index contributed by atoms with van der Waals surface area (Å²) >= 11 is 0. The van der Waals surface area contributed by atoms with Crippen molar-refractivity contribution in [3.05, 3.63) is 60.2 Å². The minimum Gasteiger partial charge on any atom is -0.406 e. The van der Waals surface area contributed by atoms with Crippen molar-refractivity contribution in [3.8, 4) is 5.75 Å². The molecule has 0 bridgehead atoms. The maximum absolute atomic E-state index is 12.2. The third kappa shape index (κ3) is 6.72. The Morgan fingerprint density at radius 1 is 1.12 bits per heavy atom. The first-order valence-electron chi connectivity index (χ1n) is 7.44. The molecule has 134 valence electrons. The molecule has 2 amide bonds. The number of hydrogen-bond donors (Lipinski definition) is 3. The van der Waals surface area contributed by atoms with Crippen molar-refractivity contribution in [2.24, 2.45) is 0 Å². The molecule has 0 aliphatic carbocycles. The van der Waals surface area contributed by atoms with Gasteiger partial charge in [0.1, 0.15) is 5.75 Å². The molecule has 25 heavy (non-hydrogen) atoms. The molecule has 0 aromatic heterocycles. The van der Waals surface area contributed by atoms with Gasteiger partial charge in [0.05, 0.1) is 12.6 Å². The van der Waals surface area contributed by atoms with Crippen LogP contribution >= 0.6 is 0 Å². The SMILES string of the molecule is O=C(Nc1cccc(OC(F)(F)F)c1)NC(CO)Cc1ccccc1. The third-order valence-electron chi connectivity index (χ3n) is 3.21. The van der Waals surface area contributed by atoms with Crippen molar-refractivity contribution in [1.29, 1.82) is 0 Å². The fourth-order valence-corrected chi connectivity index (χ4v) is 2.18. The van der Waals surface area contributed by atoms with Crippen LogP contribution in [0, 0.1) is 0 Å². The summed E-state index contributed by atoms with van der Waals surface area (Å²) in [7, 11) is 0. The Morgan fingerprint density at radius 2 is 1.84 bits per heavy atom. The van der Waals surface area contributed by atoms with Crippen molar-refractivity contribution in [3.63, 3.8) is 0 Å². The number of ether oxygens (including phenoxy) is 1. The largest absolute Gasteiger partial charge is 0.573 e. The zero-order valence-corrected chi connectivity index (χ0v) is 13.1. The average molecular weight is 354 g/mol. The summed E-state index contributed by atoms with van der Waals surface area (Å²) < 4.78 is 40.4. The highest BCUT2D eigenvalue weighted by atomic mass is 19.4. The summed E-state index contributed by atoms with van der Waals surface area (Å²) in [5.74, 6) is -0.437. The van der Waals surface area contributed by atoms with E-state index in [-0.39, 0.29) is 12.3 Å². The smallest absolute Gasteiger partial charge is 0.406 e. The van der Waals surface area contributed by atoms with E-state index in [1.807, 2.05) is 30.3 Å². The second kappa shape index (κ2) is 8.39. The van der Waals surface area contributed by atoms with Gasteiger partial charge in [-0.15, -0.1) is 13.2 Å². The van der Waals surface area contributed by atoms with Gasteiger partial charge in [-0.05, 0) is 24.1 Å². The van der Waals surface area contributed by atoms with Gasteiger partial charge in [0.2, 0.25) is 0 Å². The number of rotatable bonds is 6. The molecule has 0 aliphatic rings. The molecule has 0 radical (unpaired) electrons. The van der Waals surface area contributed by atoms with Gasteiger partial charge in [-0.2, -0.15) is 0 Å². The fourth-order valence-electron chi connectivity index (χ4n) is 2.18. The Labute approximate surface area is 142 Å². The van der Waals surface area contributed by atoms with E-state index < -0.39 is 24.2 Å². The molecule has 0 saturated carbocycles. The molecule has 2 rings (SSSR count). The summed E-state index contributed by atoms with van der Waals surface area (Å²) in [6, 6.07) is 13.0. The lowest BCUT2D eigenvalue weighted by atomic mass is 10.1. The van der Waals surface area contributed by atoms with Crippen LogP contribution in [-0.2, 0) is 6.42 Å². The van der Waals surface area contributed by atoms with Crippen LogP contribution in [0.1, 0.15) is 5.56 Å². The van der Waals surface area contributed by atoms with E-state index in [4.69, 9.17) is 0 Å². The lowest BCUT2D eigenvalue weighted by molar-refractivity contribution is -0.274. The highest BCUT2D eigenvalue weighted by Crippen LogP contribution is 2.24. The Balaban J connectivity index is 1.93. The first-order chi connectivity index (χ1) is 11.9. The molecule has 1 unspecified atom stereocenters. The van der Waals surface area contributed by atoms with Crippen LogP contribution in [0.2, 0.25) is 0 Å². The number of alkyl halides is 3. The van der Waals surface area contributed by atoms with Crippen molar-refractivity contribution in [2.75, 3.05) is 11.9 Å². The lowest BCUT2D eigenvalue weighted by Gasteiger charge is -2.17. The van der Waals surface area contributed by atoms with Crippen molar-refractivity contribution in [1.82, 2.24) is 5.32 Å². The normalized spacial score (nSPS) is 12.3. The van der Waals surface area contributed by atoms with Crippen molar-refractivity contribution in [2.45, 2.75) is 18.8 Å². The van der Waals surface area contributed by atoms with Gasteiger partial charge in [0, 0.05) is 11.8 Å². The standard InChI is InChI=1S/C17H17F3N2O3/c18-17(19,20)25-15-8-4-7-13(10-15)21-16(24)22-14(11-23)9-12-5-2-1-3-6-12/h1-8,10,14,23H,9,11H2,(H2,21,22,24). The first kappa shape index (κ1) is 18.6. The van der Waals surface area contributed by atoms with Crippen LogP contribution < -0.4 is 15.4 Å². The average Bonchev–Trinajstić information content (AvgIpc) is 2.54. The molecule has 3 N–H and O–H groups in total. The maximum Gasteiger partial charge on any atom is 0.573 e. The van der Waals surface area contributed by atoms with Crippen molar-refractivity contribution < 1.29 is 27.8 Å². The highest BCUT2D eigenvalue weighted by Gasteiger charge is 2.31. The number of anilines is 1. The monoisotopic (exact) mass is 354 g/mol. The Morgan fingerprint density at radius 3 is 2.48 bits per heavy atom. The van der Waals surface area contributed by atoms with Crippen molar-refractivity contribution >= 4 is 11.7 Å². The van der Waals surface area contributed by atoms with E-state index in [0.29, 0.717) is 6.42 Å². The van der Waals surface area contributed by atoms with Crippen LogP contribution in [0.3, 0.4) is 0 Å². The quantitative estimate of drug-likeness (QED) is 0.745. The second-order valence-electron chi connectivity index (χ2n) is 5.24. The summed E-state index contributed by atoms with van der Waals surface area (Å²) in [6.07, 6.45) is -4.39. The van der Waals surface area contributed by atoms with Gasteiger partial charge >= 0.3 is 12.4 Å². The predicted molar refractivity (Wildman–Crippen MR) is 86.3 cm³/mol. The summed E-state index contributed by atoms with van der Waals surface area (Å²) in [6.45, 7) is -0.278. The van der Waals surface area contributed by atoms with Crippen LogP contribution in [0.25, 0.3) is 0 Å². The molecule has 0 heterocycles. The number of carbonyl (C=O) groups excluding carboxylic acids is 1. The van der Waals surface area contributed by atoms with Crippen LogP contribution in [0.15, 0.2) is 54.6 Å². The highest BCUT2D eigenvalue weighted by molar-refractivity contribution is 5.89. The zero-order valence-electron chi connectivity index (χ0n) is 13.1. The van der Waals surface area contributed by atoms with E-state index in [2.05, 4.69) is 15.4 Å². The van der Waals surface area contributed by atoms with Crippen LogP contribution in [0.4, 0.5) is 23.7 Å². The molecular formula is C17H17F3N2O3. The zero-order chi connectivity index (χ0) is 18.3. The number of urea groups is 1.